The van der Waals surface area contributed by atoms with E-state index in [0.717, 1.165) is 11.9 Å². The van der Waals surface area contributed by atoms with Crippen molar-refractivity contribution < 1.29 is 44.7 Å². The highest BCUT2D eigenvalue weighted by molar-refractivity contribution is 6.32. The van der Waals surface area contributed by atoms with Gasteiger partial charge in [0.15, 0.2) is 24.0 Å². The van der Waals surface area contributed by atoms with Crippen LogP contribution in [0.25, 0.3) is 0 Å². The van der Waals surface area contributed by atoms with Gasteiger partial charge in [0.1, 0.15) is 0 Å². The molecule has 0 atom stereocenters. The quantitative estimate of drug-likeness (QED) is 0.404. The van der Waals surface area contributed by atoms with Crippen LogP contribution >= 0.6 is 11.6 Å². The standard InChI is InChI=1S/C18H16ClF8N3O2/c1-7-11(19)9(30(3)28-7)4-10(31)29(2)5-8-12(20)14(22)16(15(23)13(8)21)32-6-18(26,27)17(24)25/h17H,4-6H2,1-3H3. The minimum atomic E-state index is -4.82. The number of benzene rings is 1. The molecule has 0 radical (unpaired) electrons. The number of hydrogen-bond acceptors (Lipinski definition) is 3. The second kappa shape index (κ2) is 9.51. The minimum Gasteiger partial charge on any atom is -0.481 e. The van der Waals surface area contributed by atoms with Gasteiger partial charge in [0, 0.05) is 19.7 Å². The van der Waals surface area contributed by atoms with Crippen molar-refractivity contribution in [2.45, 2.75) is 32.2 Å². The Bertz CT molecular complexity index is 999. The second-order valence-corrected chi connectivity index (χ2v) is 7.19. The second-order valence-electron chi connectivity index (χ2n) is 6.81. The van der Waals surface area contributed by atoms with Gasteiger partial charge in [-0.05, 0) is 6.92 Å². The van der Waals surface area contributed by atoms with Crippen molar-refractivity contribution in [1.29, 1.82) is 0 Å². The molecule has 1 aromatic heterocycles. The molecule has 0 spiro atoms. The number of carbonyl (C=O) groups is 1. The Morgan fingerprint density at radius 1 is 1.16 bits per heavy atom. The van der Waals surface area contributed by atoms with Gasteiger partial charge in [-0.1, -0.05) is 11.6 Å². The Morgan fingerprint density at radius 3 is 2.12 bits per heavy atom. The largest absolute Gasteiger partial charge is 0.481 e. The number of rotatable bonds is 8. The van der Waals surface area contributed by atoms with Crippen LogP contribution in [0.3, 0.4) is 0 Å². The first-order valence-corrected chi connectivity index (χ1v) is 9.12. The molecule has 1 amide bonds. The number of halogens is 9. The van der Waals surface area contributed by atoms with Gasteiger partial charge in [-0.2, -0.15) is 22.7 Å². The van der Waals surface area contributed by atoms with Crippen LogP contribution < -0.4 is 4.74 Å². The van der Waals surface area contributed by atoms with Gasteiger partial charge in [-0.15, -0.1) is 0 Å². The summed E-state index contributed by atoms with van der Waals surface area (Å²) in [6, 6.07) is 0. The molecule has 178 valence electrons. The van der Waals surface area contributed by atoms with Crippen LogP contribution in [0.2, 0.25) is 5.02 Å². The molecule has 0 aliphatic heterocycles. The van der Waals surface area contributed by atoms with Crippen molar-refractivity contribution >= 4 is 17.5 Å². The highest BCUT2D eigenvalue weighted by Crippen LogP contribution is 2.33. The van der Waals surface area contributed by atoms with E-state index in [1.165, 1.54) is 11.7 Å². The Labute approximate surface area is 181 Å². The molecule has 1 heterocycles. The number of alkyl halides is 4. The lowest BCUT2D eigenvalue weighted by Gasteiger charge is -2.20. The molecule has 0 bridgehead atoms. The lowest BCUT2D eigenvalue weighted by Crippen LogP contribution is -2.34. The summed E-state index contributed by atoms with van der Waals surface area (Å²) in [6.07, 6.45) is -4.59. The fourth-order valence-corrected chi connectivity index (χ4v) is 2.86. The first-order chi connectivity index (χ1) is 14.7. The molecule has 0 aliphatic rings. The van der Waals surface area contributed by atoms with Crippen LogP contribution in [0.5, 0.6) is 5.75 Å². The van der Waals surface area contributed by atoms with Crippen molar-refractivity contribution in [1.82, 2.24) is 14.7 Å². The Kier molecular flexibility index (Phi) is 7.63. The fraction of sp³-hybridized carbons (Fsp3) is 0.444. The third-order valence-electron chi connectivity index (χ3n) is 4.44. The van der Waals surface area contributed by atoms with E-state index in [1.807, 2.05) is 0 Å². The van der Waals surface area contributed by atoms with E-state index in [2.05, 4.69) is 9.84 Å². The van der Waals surface area contributed by atoms with E-state index in [-0.39, 0.29) is 17.1 Å². The number of likely N-dealkylation sites (N-methyl/N-ethyl adjacent to an activating group) is 1. The van der Waals surface area contributed by atoms with Gasteiger partial charge >= 0.3 is 12.3 Å². The maximum absolute atomic E-state index is 14.3. The van der Waals surface area contributed by atoms with Crippen molar-refractivity contribution in [2.24, 2.45) is 7.05 Å². The van der Waals surface area contributed by atoms with Gasteiger partial charge in [-0.25, -0.2) is 17.6 Å². The van der Waals surface area contributed by atoms with E-state index >= 15 is 0 Å². The van der Waals surface area contributed by atoms with E-state index < -0.39 is 66.0 Å². The van der Waals surface area contributed by atoms with Crippen LogP contribution in [0.15, 0.2) is 0 Å². The third kappa shape index (κ3) is 5.08. The zero-order valence-electron chi connectivity index (χ0n) is 16.8. The van der Waals surface area contributed by atoms with E-state index in [4.69, 9.17) is 11.6 Å². The predicted octanol–water partition coefficient (Wildman–Crippen LogP) is 4.42. The number of hydrogen-bond donors (Lipinski definition) is 0. The molecule has 32 heavy (non-hydrogen) atoms. The molecule has 0 aliphatic carbocycles. The molecule has 2 rings (SSSR count). The summed E-state index contributed by atoms with van der Waals surface area (Å²) in [4.78, 5) is 13.1. The molecule has 2 aromatic rings. The summed E-state index contributed by atoms with van der Waals surface area (Å²) < 4.78 is 112. The molecule has 0 saturated carbocycles. The van der Waals surface area contributed by atoms with Crippen LogP contribution in [-0.4, -0.2) is 46.6 Å². The summed E-state index contributed by atoms with van der Waals surface area (Å²) in [5, 5.41) is 4.18. The highest BCUT2D eigenvalue weighted by atomic mass is 35.5. The smallest absolute Gasteiger partial charge is 0.340 e. The average Bonchev–Trinajstić information content (AvgIpc) is 2.95. The summed E-state index contributed by atoms with van der Waals surface area (Å²) in [7, 11) is 2.59. The van der Waals surface area contributed by atoms with Gasteiger partial charge in [-0.3, -0.25) is 9.48 Å². The van der Waals surface area contributed by atoms with Crippen LogP contribution in [0.1, 0.15) is 17.0 Å². The number of aromatic nitrogens is 2. The topological polar surface area (TPSA) is 47.4 Å². The summed E-state index contributed by atoms with van der Waals surface area (Å²) in [6.45, 7) is -1.59. The Balaban J connectivity index is 2.25. The highest BCUT2D eigenvalue weighted by Gasteiger charge is 2.42. The zero-order valence-corrected chi connectivity index (χ0v) is 17.5. The molecule has 1 aromatic carbocycles. The summed E-state index contributed by atoms with van der Waals surface area (Å²) in [5.74, 6) is -16.0. The molecular formula is C18H16ClF8N3O2. The van der Waals surface area contributed by atoms with Crippen molar-refractivity contribution in [3.63, 3.8) is 0 Å². The van der Waals surface area contributed by atoms with Crippen LogP contribution in [-0.2, 0) is 24.8 Å². The first kappa shape index (κ1) is 25.7. The van der Waals surface area contributed by atoms with Crippen LogP contribution in [0, 0.1) is 30.2 Å². The number of carbonyl (C=O) groups excluding carboxylic acids is 1. The van der Waals surface area contributed by atoms with E-state index in [0.29, 0.717) is 5.69 Å². The maximum atomic E-state index is 14.3. The fourth-order valence-electron chi connectivity index (χ4n) is 2.63. The number of aryl methyl sites for hydroxylation is 2. The lowest BCUT2D eigenvalue weighted by molar-refractivity contribution is -0.149. The van der Waals surface area contributed by atoms with Crippen molar-refractivity contribution in [3.8, 4) is 5.75 Å². The first-order valence-electron chi connectivity index (χ1n) is 8.74. The monoisotopic (exact) mass is 493 g/mol. The van der Waals surface area contributed by atoms with Gasteiger partial charge in [0.05, 0.1) is 29.4 Å². The molecule has 14 heteroatoms. The summed E-state index contributed by atoms with van der Waals surface area (Å²) in [5.41, 5.74) is -0.534. The third-order valence-corrected chi connectivity index (χ3v) is 4.94. The number of nitrogens with zero attached hydrogens (tertiary/aromatic N) is 3. The van der Waals surface area contributed by atoms with Gasteiger partial charge in [0.2, 0.25) is 17.5 Å². The van der Waals surface area contributed by atoms with E-state index in [9.17, 15) is 39.9 Å². The summed E-state index contributed by atoms with van der Waals surface area (Å²) >= 11 is 6.03. The molecule has 0 fully saturated rings. The number of ether oxygens (including phenoxy) is 1. The average molecular weight is 494 g/mol. The van der Waals surface area contributed by atoms with Crippen molar-refractivity contribution in [2.75, 3.05) is 13.7 Å². The maximum Gasteiger partial charge on any atom is 0.340 e. The SMILES string of the molecule is Cc1nn(C)c(CC(=O)N(C)Cc2c(F)c(F)c(OCC(F)(F)C(F)F)c(F)c2F)c1Cl. The Hall–Kier alpha value is -2.57. The molecule has 0 unspecified atom stereocenters. The number of amides is 1. The van der Waals surface area contributed by atoms with Crippen LogP contribution in [0.4, 0.5) is 35.1 Å². The minimum absolute atomic E-state index is 0.186. The Morgan fingerprint density at radius 2 is 1.69 bits per heavy atom. The molecular weight excluding hydrogens is 478 g/mol. The normalized spacial score (nSPS) is 11.9. The zero-order chi connectivity index (χ0) is 24.5. The molecule has 5 nitrogen and oxygen atoms in total. The van der Waals surface area contributed by atoms with Crippen molar-refractivity contribution in [3.05, 3.63) is 45.2 Å². The predicted molar refractivity (Wildman–Crippen MR) is 95.9 cm³/mol. The molecule has 0 saturated heterocycles. The van der Waals surface area contributed by atoms with E-state index in [1.54, 1.807) is 6.92 Å². The van der Waals surface area contributed by atoms with Gasteiger partial charge in [0.25, 0.3) is 0 Å². The molecule has 0 N–H and O–H groups in total. The lowest BCUT2D eigenvalue weighted by atomic mass is 10.1. The van der Waals surface area contributed by atoms with Gasteiger partial charge < -0.3 is 9.64 Å².